The topological polar surface area (TPSA) is 59.4 Å². The molecule has 1 aromatic heterocycles. The van der Waals surface area contributed by atoms with Gasteiger partial charge in [-0.15, -0.1) is 0 Å². The lowest BCUT2D eigenvalue weighted by Crippen LogP contribution is -2.03. The Morgan fingerprint density at radius 2 is 1.94 bits per heavy atom. The SMILES string of the molecule is COC(=O)c1cc(Sc2ccc(O)cc2)ccn1. The van der Waals surface area contributed by atoms with Crippen molar-refractivity contribution in [1.82, 2.24) is 4.98 Å². The maximum atomic E-state index is 11.3. The van der Waals surface area contributed by atoms with E-state index in [9.17, 15) is 9.90 Å². The van der Waals surface area contributed by atoms with E-state index in [1.807, 2.05) is 6.07 Å². The fraction of sp³-hybridized carbons (Fsp3) is 0.0769. The van der Waals surface area contributed by atoms with Crippen molar-refractivity contribution < 1.29 is 14.6 Å². The fourth-order valence-electron chi connectivity index (χ4n) is 1.34. The number of benzene rings is 1. The molecule has 92 valence electrons. The number of phenolic OH excluding ortho intramolecular Hbond substituents is 1. The van der Waals surface area contributed by atoms with Crippen LogP contribution in [0.2, 0.25) is 0 Å². The quantitative estimate of drug-likeness (QED) is 0.861. The number of hydrogen-bond donors (Lipinski definition) is 1. The minimum absolute atomic E-state index is 0.226. The number of esters is 1. The van der Waals surface area contributed by atoms with Gasteiger partial charge in [-0.1, -0.05) is 11.8 Å². The molecule has 0 aliphatic rings. The predicted octanol–water partition coefficient (Wildman–Crippen LogP) is 2.73. The lowest BCUT2D eigenvalue weighted by Gasteiger charge is -2.03. The van der Waals surface area contributed by atoms with E-state index in [0.29, 0.717) is 0 Å². The first-order chi connectivity index (χ1) is 8.69. The van der Waals surface area contributed by atoms with Crippen LogP contribution in [0.3, 0.4) is 0 Å². The van der Waals surface area contributed by atoms with Gasteiger partial charge in [-0.2, -0.15) is 0 Å². The van der Waals surface area contributed by atoms with Crippen molar-refractivity contribution in [3.63, 3.8) is 0 Å². The lowest BCUT2D eigenvalue weighted by atomic mass is 10.3. The van der Waals surface area contributed by atoms with Crippen LogP contribution in [0.1, 0.15) is 10.5 Å². The van der Waals surface area contributed by atoms with Gasteiger partial charge < -0.3 is 9.84 Å². The number of rotatable bonds is 3. The highest BCUT2D eigenvalue weighted by molar-refractivity contribution is 7.99. The van der Waals surface area contributed by atoms with Crippen molar-refractivity contribution in [1.29, 1.82) is 0 Å². The summed E-state index contributed by atoms with van der Waals surface area (Å²) in [5.41, 5.74) is 0.279. The van der Waals surface area contributed by atoms with Gasteiger partial charge in [0.1, 0.15) is 11.4 Å². The number of hydrogen-bond acceptors (Lipinski definition) is 5. The zero-order valence-corrected chi connectivity index (χ0v) is 10.5. The Bertz CT molecular complexity index is 554. The zero-order chi connectivity index (χ0) is 13.0. The molecule has 0 fully saturated rings. The van der Waals surface area contributed by atoms with Crippen molar-refractivity contribution in [3.05, 3.63) is 48.3 Å². The first kappa shape index (κ1) is 12.4. The summed E-state index contributed by atoms with van der Waals surface area (Å²) >= 11 is 1.48. The summed E-state index contributed by atoms with van der Waals surface area (Å²) in [5, 5.41) is 9.19. The first-order valence-corrected chi connectivity index (χ1v) is 6.02. The highest BCUT2D eigenvalue weighted by Crippen LogP contribution is 2.28. The summed E-state index contributed by atoms with van der Waals surface area (Å²) in [4.78, 5) is 17.1. The Hall–Kier alpha value is -2.01. The Balaban J connectivity index is 2.19. The second kappa shape index (κ2) is 5.55. The van der Waals surface area contributed by atoms with E-state index < -0.39 is 5.97 Å². The highest BCUT2D eigenvalue weighted by Gasteiger charge is 2.08. The Morgan fingerprint density at radius 1 is 1.22 bits per heavy atom. The molecule has 2 aromatic rings. The maximum Gasteiger partial charge on any atom is 0.356 e. The van der Waals surface area contributed by atoms with Gasteiger partial charge >= 0.3 is 5.97 Å². The first-order valence-electron chi connectivity index (χ1n) is 5.20. The molecule has 0 spiro atoms. The van der Waals surface area contributed by atoms with E-state index in [2.05, 4.69) is 9.72 Å². The minimum atomic E-state index is -0.455. The van der Waals surface area contributed by atoms with Crippen LogP contribution in [-0.2, 0) is 4.74 Å². The Morgan fingerprint density at radius 3 is 2.61 bits per heavy atom. The molecule has 1 N–H and O–H groups in total. The predicted molar refractivity (Wildman–Crippen MR) is 67.8 cm³/mol. The molecule has 0 radical (unpaired) electrons. The van der Waals surface area contributed by atoms with Crippen molar-refractivity contribution in [2.24, 2.45) is 0 Å². The van der Waals surface area contributed by atoms with E-state index in [1.165, 1.54) is 18.9 Å². The molecule has 0 amide bonds. The zero-order valence-electron chi connectivity index (χ0n) is 9.66. The molecule has 4 nitrogen and oxygen atoms in total. The molecule has 0 saturated carbocycles. The van der Waals surface area contributed by atoms with Crippen molar-refractivity contribution in [2.45, 2.75) is 9.79 Å². The molecule has 1 heterocycles. The second-order valence-corrected chi connectivity index (χ2v) is 4.61. The summed E-state index contributed by atoms with van der Waals surface area (Å²) < 4.78 is 4.61. The Kier molecular flexibility index (Phi) is 3.84. The van der Waals surface area contributed by atoms with Gasteiger partial charge in [0.15, 0.2) is 0 Å². The molecule has 1 aromatic carbocycles. The number of nitrogens with zero attached hydrogens (tertiary/aromatic N) is 1. The molecule has 0 bridgehead atoms. The van der Waals surface area contributed by atoms with Gasteiger partial charge in [-0.25, -0.2) is 9.78 Å². The Labute approximate surface area is 109 Å². The second-order valence-electron chi connectivity index (χ2n) is 3.46. The molecule has 0 atom stereocenters. The van der Waals surface area contributed by atoms with E-state index in [-0.39, 0.29) is 11.4 Å². The summed E-state index contributed by atoms with van der Waals surface area (Å²) in [7, 11) is 1.32. The largest absolute Gasteiger partial charge is 0.508 e. The number of pyridine rings is 1. The van der Waals surface area contributed by atoms with E-state index in [0.717, 1.165) is 9.79 Å². The van der Waals surface area contributed by atoms with Gasteiger partial charge in [0.05, 0.1) is 7.11 Å². The normalized spacial score (nSPS) is 10.1. The van der Waals surface area contributed by atoms with E-state index in [4.69, 9.17) is 0 Å². The van der Waals surface area contributed by atoms with Crippen LogP contribution in [0, 0.1) is 0 Å². The molecule has 0 unspecified atom stereocenters. The van der Waals surface area contributed by atoms with Gasteiger partial charge in [0.25, 0.3) is 0 Å². The molecule has 0 saturated heterocycles. The van der Waals surface area contributed by atoms with Crippen molar-refractivity contribution >= 4 is 17.7 Å². The average molecular weight is 261 g/mol. The highest BCUT2D eigenvalue weighted by atomic mass is 32.2. The maximum absolute atomic E-state index is 11.3. The third-order valence-corrected chi connectivity index (χ3v) is 3.20. The number of aromatic nitrogens is 1. The number of carbonyl (C=O) groups is 1. The third kappa shape index (κ3) is 3.01. The van der Waals surface area contributed by atoms with Gasteiger partial charge in [-0.05, 0) is 36.4 Å². The summed E-state index contributed by atoms with van der Waals surface area (Å²) in [6, 6.07) is 10.3. The average Bonchev–Trinajstić information content (AvgIpc) is 2.41. The van der Waals surface area contributed by atoms with Crippen LogP contribution >= 0.6 is 11.8 Å². The monoisotopic (exact) mass is 261 g/mol. The van der Waals surface area contributed by atoms with Gasteiger partial charge in [-0.3, -0.25) is 0 Å². The molecule has 0 aliphatic heterocycles. The van der Waals surface area contributed by atoms with Gasteiger partial charge in [0, 0.05) is 16.0 Å². The number of ether oxygens (including phenoxy) is 1. The van der Waals surface area contributed by atoms with Crippen molar-refractivity contribution in [2.75, 3.05) is 7.11 Å². The lowest BCUT2D eigenvalue weighted by molar-refractivity contribution is 0.0593. The fourth-order valence-corrected chi connectivity index (χ4v) is 2.18. The standard InChI is InChI=1S/C13H11NO3S/c1-17-13(16)12-8-11(6-7-14-12)18-10-4-2-9(15)3-5-10/h2-8,15H,1H3. The minimum Gasteiger partial charge on any atom is -0.508 e. The van der Waals surface area contributed by atoms with Crippen LogP contribution in [0.15, 0.2) is 52.4 Å². The molecule has 5 heteroatoms. The smallest absolute Gasteiger partial charge is 0.356 e. The van der Waals surface area contributed by atoms with Crippen LogP contribution in [0.25, 0.3) is 0 Å². The van der Waals surface area contributed by atoms with Crippen LogP contribution < -0.4 is 0 Å². The van der Waals surface area contributed by atoms with Gasteiger partial charge in [0.2, 0.25) is 0 Å². The van der Waals surface area contributed by atoms with Crippen LogP contribution in [-0.4, -0.2) is 23.2 Å². The van der Waals surface area contributed by atoms with Crippen LogP contribution in [0.4, 0.5) is 0 Å². The van der Waals surface area contributed by atoms with Crippen LogP contribution in [0.5, 0.6) is 5.75 Å². The molecular weight excluding hydrogens is 250 g/mol. The number of carbonyl (C=O) groups excluding carboxylic acids is 1. The molecule has 2 rings (SSSR count). The summed E-state index contributed by atoms with van der Waals surface area (Å²) in [6.07, 6.45) is 1.56. The van der Waals surface area contributed by atoms with Crippen molar-refractivity contribution in [3.8, 4) is 5.75 Å². The molecule has 0 aliphatic carbocycles. The number of aromatic hydroxyl groups is 1. The number of phenols is 1. The molecular formula is C13H11NO3S. The van der Waals surface area contributed by atoms with E-state index in [1.54, 1.807) is 36.5 Å². The molecule has 18 heavy (non-hydrogen) atoms. The number of methoxy groups -OCH3 is 1. The summed E-state index contributed by atoms with van der Waals surface area (Å²) in [5.74, 6) is -0.229. The van der Waals surface area contributed by atoms with E-state index >= 15 is 0 Å². The summed E-state index contributed by atoms with van der Waals surface area (Å²) in [6.45, 7) is 0. The third-order valence-electron chi connectivity index (χ3n) is 2.20.